The lowest BCUT2D eigenvalue weighted by molar-refractivity contribution is 0.0650. The standard InChI is InChI=1S/C18H25N3O2/c1-15(2)12-21(11-3-9-19)13-17(22)14-23-18-6-4-16(5-7-18)8-10-20/h4-7,15,17,22H,3,8,11-14H2,1-2H3/t17-/m0/s1. The molecule has 0 aromatic heterocycles. The molecule has 5 heteroatoms. The van der Waals surface area contributed by atoms with Gasteiger partial charge in [0.15, 0.2) is 0 Å². The summed E-state index contributed by atoms with van der Waals surface area (Å²) in [4.78, 5) is 2.10. The summed E-state index contributed by atoms with van der Waals surface area (Å²) in [6, 6.07) is 11.6. The highest BCUT2D eigenvalue weighted by molar-refractivity contribution is 5.28. The minimum Gasteiger partial charge on any atom is -0.491 e. The van der Waals surface area contributed by atoms with Crippen molar-refractivity contribution in [2.45, 2.75) is 32.8 Å². The Kier molecular flexibility index (Phi) is 8.75. The molecule has 0 radical (unpaired) electrons. The fraction of sp³-hybridized carbons (Fsp3) is 0.556. The number of hydrogen-bond donors (Lipinski definition) is 1. The fourth-order valence-electron chi connectivity index (χ4n) is 2.32. The number of nitrogens with zero attached hydrogens (tertiary/aromatic N) is 3. The zero-order valence-corrected chi connectivity index (χ0v) is 13.9. The van der Waals surface area contributed by atoms with Gasteiger partial charge in [0.1, 0.15) is 18.5 Å². The summed E-state index contributed by atoms with van der Waals surface area (Å²) in [6.07, 6.45) is 0.235. The monoisotopic (exact) mass is 315 g/mol. The average Bonchev–Trinajstić information content (AvgIpc) is 2.52. The fourth-order valence-corrected chi connectivity index (χ4v) is 2.32. The zero-order valence-electron chi connectivity index (χ0n) is 13.9. The van der Waals surface area contributed by atoms with E-state index >= 15 is 0 Å². The van der Waals surface area contributed by atoms with Crippen molar-refractivity contribution in [3.63, 3.8) is 0 Å². The van der Waals surface area contributed by atoms with Gasteiger partial charge < -0.3 is 9.84 Å². The molecule has 0 fully saturated rings. The van der Waals surface area contributed by atoms with Crippen molar-refractivity contribution in [2.24, 2.45) is 5.92 Å². The third-order valence-electron chi connectivity index (χ3n) is 3.28. The molecule has 0 saturated carbocycles. The summed E-state index contributed by atoms with van der Waals surface area (Å²) < 4.78 is 5.59. The molecule has 5 nitrogen and oxygen atoms in total. The van der Waals surface area contributed by atoms with E-state index in [4.69, 9.17) is 15.3 Å². The van der Waals surface area contributed by atoms with Gasteiger partial charge in [-0.2, -0.15) is 10.5 Å². The van der Waals surface area contributed by atoms with E-state index in [2.05, 4.69) is 30.9 Å². The lowest BCUT2D eigenvalue weighted by Gasteiger charge is -2.25. The van der Waals surface area contributed by atoms with Gasteiger partial charge in [-0.25, -0.2) is 0 Å². The maximum Gasteiger partial charge on any atom is 0.119 e. The Hall–Kier alpha value is -2.08. The van der Waals surface area contributed by atoms with Crippen LogP contribution in [0.1, 0.15) is 25.8 Å². The quantitative estimate of drug-likeness (QED) is 0.717. The molecule has 0 aliphatic carbocycles. The second-order valence-electron chi connectivity index (χ2n) is 6.01. The summed E-state index contributed by atoms with van der Waals surface area (Å²) in [6.45, 7) is 6.44. The Morgan fingerprint density at radius 1 is 1.13 bits per heavy atom. The van der Waals surface area contributed by atoms with Crippen molar-refractivity contribution in [1.82, 2.24) is 4.90 Å². The van der Waals surface area contributed by atoms with Gasteiger partial charge in [0.2, 0.25) is 0 Å². The molecule has 1 atom stereocenters. The Morgan fingerprint density at radius 3 is 2.39 bits per heavy atom. The Bertz CT molecular complexity index is 529. The van der Waals surface area contributed by atoms with Gasteiger partial charge in [0, 0.05) is 26.1 Å². The van der Waals surface area contributed by atoms with Gasteiger partial charge in [0.05, 0.1) is 18.6 Å². The number of ether oxygens (including phenoxy) is 1. The van der Waals surface area contributed by atoms with Crippen LogP contribution in [0.5, 0.6) is 5.75 Å². The van der Waals surface area contributed by atoms with Crippen LogP contribution >= 0.6 is 0 Å². The number of rotatable bonds is 10. The number of aliphatic hydroxyl groups excluding tert-OH is 1. The van der Waals surface area contributed by atoms with Crippen LogP contribution in [0.25, 0.3) is 0 Å². The average molecular weight is 315 g/mol. The molecule has 0 spiro atoms. The minimum absolute atomic E-state index is 0.207. The number of nitriles is 2. The van der Waals surface area contributed by atoms with E-state index in [1.807, 2.05) is 12.1 Å². The highest BCUT2D eigenvalue weighted by Gasteiger charge is 2.13. The SMILES string of the molecule is CC(C)CN(CCC#N)C[C@H](O)COc1ccc(CC#N)cc1. The minimum atomic E-state index is -0.605. The summed E-state index contributed by atoms with van der Waals surface area (Å²) >= 11 is 0. The molecule has 1 aromatic carbocycles. The molecule has 0 aliphatic heterocycles. The first kappa shape index (κ1) is 19.0. The molecular weight excluding hydrogens is 290 g/mol. The first-order valence-electron chi connectivity index (χ1n) is 7.91. The Morgan fingerprint density at radius 2 is 1.83 bits per heavy atom. The summed E-state index contributed by atoms with van der Waals surface area (Å²) in [5.41, 5.74) is 0.944. The molecule has 1 aromatic rings. The Balaban J connectivity index is 2.43. The van der Waals surface area contributed by atoms with E-state index in [0.717, 1.165) is 12.1 Å². The van der Waals surface area contributed by atoms with E-state index in [-0.39, 0.29) is 6.61 Å². The van der Waals surface area contributed by atoms with Crippen LogP contribution < -0.4 is 4.74 Å². The lowest BCUT2D eigenvalue weighted by Crippen LogP contribution is -2.38. The molecule has 124 valence electrons. The molecule has 0 unspecified atom stereocenters. The van der Waals surface area contributed by atoms with Crippen LogP contribution in [0.15, 0.2) is 24.3 Å². The normalized spacial score (nSPS) is 12.0. The summed E-state index contributed by atoms with van der Waals surface area (Å²) in [5.74, 6) is 1.16. The van der Waals surface area contributed by atoms with E-state index in [1.54, 1.807) is 12.1 Å². The van der Waals surface area contributed by atoms with E-state index in [9.17, 15) is 5.11 Å². The number of benzene rings is 1. The van der Waals surface area contributed by atoms with Crippen LogP contribution in [0.4, 0.5) is 0 Å². The first-order chi connectivity index (χ1) is 11.0. The van der Waals surface area contributed by atoms with E-state index in [0.29, 0.717) is 37.6 Å². The molecule has 0 saturated heterocycles. The highest BCUT2D eigenvalue weighted by Crippen LogP contribution is 2.13. The van der Waals surface area contributed by atoms with Crippen LogP contribution in [-0.4, -0.2) is 42.4 Å². The second-order valence-corrected chi connectivity index (χ2v) is 6.01. The first-order valence-corrected chi connectivity index (χ1v) is 7.91. The third-order valence-corrected chi connectivity index (χ3v) is 3.28. The van der Waals surface area contributed by atoms with Crippen molar-refractivity contribution in [1.29, 1.82) is 10.5 Å². The van der Waals surface area contributed by atoms with Crippen LogP contribution in [0.2, 0.25) is 0 Å². The van der Waals surface area contributed by atoms with Crippen molar-refractivity contribution in [3.8, 4) is 17.9 Å². The maximum atomic E-state index is 10.1. The van der Waals surface area contributed by atoms with Crippen molar-refractivity contribution >= 4 is 0 Å². The van der Waals surface area contributed by atoms with Crippen LogP contribution in [0.3, 0.4) is 0 Å². The third kappa shape index (κ3) is 8.21. The molecule has 0 amide bonds. The van der Waals surface area contributed by atoms with Gasteiger partial charge >= 0.3 is 0 Å². The topological polar surface area (TPSA) is 80.3 Å². The molecule has 0 heterocycles. The second kappa shape index (κ2) is 10.6. The van der Waals surface area contributed by atoms with E-state index < -0.39 is 6.10 Å². The molecule has 0 aliphatic rings. The van der Waals surface area contributed by atoms with Crippen molar-refractivity contribution in [3.05, 3.63) is 29.8 Å². The summed E-state index contributed by atoms with van der Waals surface area (Å²) in [7, 11) is 0. The molecule has 1 N–H and O–H groups in total. The Labute approximate surface area is 138 Å². The molecule has 0 bridgehead atoms. The largest absolute Gasteiger partial charge is 0.491 e. The van der Waals surface area contributed by atoms with Gasteiger partial charge in [-0.15, -0.1) is 0 Å². The molecule has 1 rings (SSSR count). The van der Waals surface area contributed by atoms with Crippen molar-refractivity contribution < 1.29 is 9.84 Å². The predicted octanol–water partition coefficient (Wildman–Crippen LogP) is 2.36. The highest BCUT2D eigenvalue weighted by atomic mass is 16.5. The van der Waals surface area contributed by atoms with Gasteiger partial charge in [-0.05, 0) is 23.6 Å². The van der Waals surface area contributed by atoms with Gasteiger partial charge in [-0.3, -0.25) is 4.90 Å². The molecular formula is C18H25N3O2. The van der Waals surface area contributed by atoms with E-state index in [1.165, 1.54) is 0 Å². The smallest absolute Gasteiger partial charge is 0.119 e. The van der Waals surface area contributed by atoms with Crippen molar-refractivity contribution in [2.75, 3.05) is 26.2 Å². The summed E-state index contributed by atoms with van der Waals surface area (Å²) in [5, 5.41) is 27.5. The van der Waals surface area contributed by atoms with Crippen LogP contribution in [-0.2, 0) is 6.42 Å². The zero-order chi connectivity index (χ0) is 17.1. The molecule has 23 heavy (non-hydrogen) atoms. The lowest BCUT2D eigenvalue weighted by atomic mass is 10.1. The maximum absolute atomic E-state index is 10.1. The number of hydrogen-bond acceptors (Lipinski definition) is 5. The van der Waals surface area contributed by atoms with Gasteiger partial charge in [0.25, 0.3) is 0 Å². The van der Waals surface area contributed by atoms with Gasteiger partial charge in [-0.1, -0.05) is 26.0 Å². The number of aliphatic hydroxyl groups is 1. The predicted molar refractivity (Wildman–Crippen MR) is 88.8 cm³/mol. The van der Waals surface area contributed by atoms with Crippen LogP contribution in [0, 0.1) is 28.6 Å².